The van der Waals surface area contributed by atoms with E-state index >= 15 is 0 Å². The summed E-state index contributed by atoms with van der Waals surface area (Å²) in [4.78, 5) is 12.1. The van der Waals surface area contributed by atoms with Crippen LogP contribution in [0.2, 0.25) is 0 Å². The lowest BCUT2D eigenvalue weighted by Gasteiger charge is -2.23. The maximum absolute atomic E-state index is 12.1. The lowest BCUT2D eigenvalue weighted by atomic mass is 10.1. The summed E-state index contributed by atoms with van der Waals surface area (Å²) in [5.74, 6) is -0.293. The lowest BCUT2D eigenvalue weighted by Crippen LogP contribution is -2.38. The molecule has 1 N–H and O–H groups in total. The van der Waals surface area contributed by atoms with Gasteiger partial charge in [0.25, 0.3) is 15.0 Å². The van der Waals surface area contributed by atoms with E-state index in [2.05, 4.69) is 5.32 Å². The minimum atomic E-state index is -3.85. The van der Waals surface area contributed by atoms with Gasteiger partial charge in [0.05, 0.1) is 4.90 Å². The number of ether oxygens (including phenoxy) is 1. The molecular formula is C13H16ClNO4S. The number of carbonyl (C=O) groups is 1. The number of rotatable bonds is 3. The molecule has 0 bridgehead atoms. The minimum Gasteiger partial charge on any atom is -0.381 e. The first-order valence-corrected chi connectivity index (χ1v) is 8.63. The van der Waals surface area contributed by atoms with Crippen LogP contribution in [-0.4, -0.2) is 33.6 Å². The Balaban J connectivity index is 2.18. The fourth-order valence-electron chi connectivity index (χ4n) is 2.11. The number of hydrogen-bond donors (Lipinski definition) is 1. The van der Waals surface area contributed by atoms with Gasteiger partial charge in [-0.3, -0.25) is 4.79 Å². The monoisotopic (exact) mass is 317 g/mol. The van der Waals surface area contributed by atoms with Gasteiger partial charge < -0.3 is 10.1 Å². The Morgan fingerprint density at radius 1 is 1.35 bits per heavy atom. The third-order valence-electron chi connectivity index (χ3n) is 3.27. The van der Waals surface area contributed by atoms with Crippen LogP contribution in [0.4, 0.5) is 0 Å². The third-order valence-corrected chi connectivity index (χ3v) is 4.73. The van der Waals surface area contributed by atoms with E-state index in [-0.39, 0.29) is 16.8 Å². The van der Waals surface area contributed by atoms with Crippen molar-refractivity contribution in [3.05, 3.63) is 29.3 Å². The highest BCUT2D eigenvalue weighted by molar-refractivity contribution is 8.13. The molecule has 0 unspecified atom stereocenters. The van der Waals surface area contributed by atoms with Crippen LogP contribution in [0.5, 0.6) is 0 Å². The van der Waals surface area contributed by atoms with Crippen molar-refractivity contribution in [3.8, 4) is 0 Å². The quantitative estimate of drug-likeness (QED) is 0.863. The predicted octanol–water partition coefficient (Wildman–Crippen LogP) is 1.83. The molecule has 0 atom stereocenters. The predicted molar refractivity (Wildman–Crippen MR) is 75.5 cm³/mol. The maximum atomic E-state index is 12.1. The van der Waals surface area contributed by atoms with E-state index in [1.807, 2.05) is 0 Å². The van der Waals surface area contributed by atoms with Crippen molar-refractivity contribution in [2.75, 3.05) is 13.2 Å². The summed E-state index contributed by atoms with van der Waals surface area (Å²) in [5.41, 5.74) is 0.809. The second-order valence-electron chi connectivity index (χ2n) is 4.78. The van der Waals surface area contributed by atoms with Gasteiger partial charge in [0.1, 0.15) is 0 Å². The molecule has 5 nitrogen and oxygen atoms in total. The summed E-state index contributed by atoms with van der Waals surface area (Å²) in [6.45, 7) is 2.88. The highest BCUT2D eigenvalue weighted by Gasteiger charge is 2.20. The highest BCUT2D eigenvalue weighted by Crippen LogP contribution is 2.21. The standard InChI is InChI=1S/C13H16ClNO4S/c1-9-2-3-10(8-12(9)20(14,17)18)13(16)15-11-4-6-19-7-5-11/h2-3,8,11H,4-7H2,1H3,(H,15,16). The zero-order valence-corrected chi connectivity index (χ0v) is 12.6. The van der Waals surface area contributed by atoms with E-state index in [0.717, 1.165) is 12.8 Å². The molecule has 0 aliphatic carbocycles. The number of nitrogens with one attached hydrogen (secondary N) is 1. The van der Waals surface area contributed by atoms with Crippen LogP contribution in [0.3, 0.4) is 0 Å². The number of hydrogen-bond acceptors (Lipinski definition) is 4. The first-order chi connectivity index (χ1) is 9.38. The second-order valence-corrected chi connectivity index (χ2v) is 7.31. The Bertz CT molecular complexity index is 609. The topological polar surface area (TPSA) is 72.5 Å². The van der Waals surface area contributed by atoms with Crippen LogP contribution in [0.1, 0.15) is 28.8 Å². The molecular weight excluding hydrogens is 302 g/mol. The molecule has 20 heavy (non-hydrogen) atoms. The van der Waals surface area contributed by atoms with E-state index < -0.39 is 9.05 Å². The molecule has 1 fully saturated rings. The number of amides is 1. The van der Waals surface area contributed by atoms with Crippen LogP contribution >= 0.6 is 10.7 Å². The molecule has 1 aliphatic heterocycles. The average Bonchev–Trinajstić information content (AvgIpc) is 2.39. The number of halogens is 1. The summed E-state index contributed by atoms with van der Waals surface area (Å²) < 4.78 is 28.1. The Morgan fingerprint density at radius 3 is 2.60 bits per heavy atom. The molecule has 1 saturated heterocycles. The van der Waals surface area contributed by atoms with Crippen LogP contribution < -0.4 is 5.32 Å². The van der Waals surface area contributed by atoms with E-state index in [9.17, 15) is 13.2 Å². The van der Waals surface area contributed by atoms with Crippen LogP contribution in [0, 0.1) is 6.92 Å². The van der Waals surface area contributed by atoms with Gasteiger partial charge in [0.15, 0.2) is 0 Å². The molecule has 0 aromatic heterocycles. The van der Waals surface area contributed by atoms with Crippen molar-refractivity contribution in [2.24, 2.45) is 0 Å². The van der Waals surface area contributed by atoms with Crippen molar-refractivity contribution in [2.45, 2.75) is 30.7 Å². The zero-order valence-electron chi connectivity index (χ0n) is 11.1. The molecule has 1 heterocycles. The molecule has 0 radical (unpaired) electrons. The summed E-state index contributed by atoms with van der Waals surface area (Å²) in [5, 5.41) is 2.88. The maximum Gasteiger partial charge on any atom is 0.261 e. The van der Waals surface area contributed by atoms with Crippen molar-refractivity contribution < 1.29 is 17.9 Å². The largest absolute Gasteiger partial charge is 0.381 e. The van der Waals surface area contributed by atoms with Gasteiger partial charge in [0, 0.05) is 35.5 Å². The Kier molecular flexibility index (Phi) is 4.67. The van der Waals surface area contributed by atoms with Crippen LogP contribution in [0.15, 0.2) is 23.1 Å². The molecule has 1 aromatic rings. The van der Waals surface area contributed by atoms with Crippen LogP contribution in [-0.2, 0) is 13.8 Å². The van der Waals surface area contributed by atoms with Crippen molar-refractivity contribution in [1.82, 2.24) is 5.32 Å². The third kappa shape index (κ3) is 3.71. The average molecular weight is 318 g/mol. The van der Waals surface area contributed by atoms with Gasteiger partial charge in [0.2, 0.25) is 0 Å². The number of carbonyl (C=O) groups excluding carboxylic acids is 1. The molecule has 2 rings (SSSR count). The van der Waals surface area contributed by atoms with Crippen LogP contribution in [0.25, 0.3) is 0 Å². The van der Waals surface area contributed by atoms with E-state index in [4.69, 9.17) is 15.4 Å². The number of benzene rings is 1. The summed E-state index contributed by atoms with van der Waals surface area (Å²) >= 11 is 0. The molecule has 0 spiro atoms. The number of aryl methyl sites for hydroxylation is 1. The fraction of sp³-hybridized carbons (Fsp3) is 0.462. The fourth-order valence-corrected chi connectivity index (χ4v) is 3.33. The van der Waals surface area contributed by atoms with Gasteiger partial charge in [-0.15, -0.1) is 0 Å². The van der Waals surface area contributed by atoms with Crippen molar-refractivity contribution in [1.29, 1.82) is 0 Å². The van der Waals surface area contributed by atoms with Gasteiger partial charge >= 0.3 is 0 Å². The van der Waals surface area contributed by atoms with Gasteiger partial charge in [-0.1, -0.05) is 6.07 Å². The first kappa shape index (κ1) is 15.3. The summed E-state index contributed by atoms with van der Waals surface area (Å²) in [7, 11) is 1.51. The molecule has 7 heteroatoms. The summed E-state index contributed by atoms with van der Waals surface area (Å²) in [6, 6.07) is 4.55. The van der Waals surface area contributed by atoms with Crippen molar-refractivity contribution >= 4 is 25.6 Å². The molecule has 0 saturated carbocycles. The zero-order chi connectivity index (χ0) is 14.8. The molecule has 1 aliphatic rings. The Hall–Kier alpha value is -1.11. The lowest BCUT2D eigenvalue weighted by molar-refractivity contribution is 0.0696. The Morgan fingerprint density at radius 2 is 2.00 bits per heavy atom. The normalized spacial score (nSPS) is 16.9. The van der Waals surface area contributed by atoms with E-state index in [0.29, 0.717) is 24.3 Å². The van der Waals surface area contributed by atoms with E-state index in [1.165, 1.54) is 6.07 Å². The molecule has 110 valence electrons. The van der Waals surface area contributed by atoms with Gasteiger partial charge in [-0.2, -0.15) is 0 Å². The summed E-state index contributed by atoms with van der Waals surface area (Å²) in [6.07, 6.45) is 1.52. The van der Waals surface area contributed by atoms with E-state index in [1.54, 1.807) is 19.1 Å². The van der Waals surface area contributed by atoms with Gasteiger partial charge in [-0.05, 0) is 37.5 Å². The highest BCUT2D eigenvalue weighted by atomic mass is 35.7. The SMILES string of the molecule is Cc1ccc(C(=O)NC2CCOCC2)cc1S(=O)(=O)Cl. The second kappa shape index (κ2) is 6.11. The van der Waals surface area contributed by atoms with Crippen molar-refractivity contribution in [3.63, 3.8) is 0 Å². The smallest absolute Gasteiger partial charge is 0.261 e. The molecule has 1 aromatic carbocycles. The molecule has 1 amide bonds. The van der Waals surface area contributed by atoms with Gasteiger partial charge in [-0.25, -0.2) is 8.42 Å². The minimum absolute atomic E-state index is 0.0289. The Labute approximate surface area is 122 Å². The first-order valence-electron chi connectivity index (χ1n) is 6.32.